The van der Waals surface area contributed by atoms with Crippen LogP contribution in [0.25, 0.3) is 22.3 Å². The summed E-state index contributed by atoms with van der Waals surface area (Å²) in [7, 11) is 0. The highest BCUT2D eigenvalue weighted by Gasteiger charge is 2.24. The zero-order valence-electron chi connectivity index (χ0n) is 21.8. The molecule has 0 radical (unpaired) electrons. The number of rotatable bonds is 9. The minimum absolute atomic E-state index is 0.676. The predicted octanol–water partition coefficient (Wildman–Crippen LogP) is 9.73. The second-order valence-electron chi connectivity index (χ2n) is 9.76. The Morgan fingerprint density at radius 3 is 1.50 bits per heavy atom. The molecule has 1 heterocycles. The first kappa shape index (κ1) is 25.7. The van der Waals surface area contributed by atoms with E-state index in [-0.39, 0.29) is 0 Å². The van der Waals surface area contributed by atoms with E-state index in [1.165, 1.54) is 59.7 Å². The summed E-state index contributed by atoms with van der Waals surface area (Å²) in [5, 5.41) is 18.3. The third-order valence-electron chi connectivity index (χ3n) is 7.15. The fourth-order valence-corrected chi connectivity index (χ4v) is 6.18. The van der Waals surface area contributed by atoms with Gasteiger partial charge in [0, 0.05) is 16.3 Å². The molecule has 0 fully saturated rings. The topological polar surface area (TPSA) is 50.8 Å². The Labute approximate surface area is 230 Å². The van der Waals surface area contributed by atoms with Gasteiger partial charge in [0.1, 0.15) is 0 Å². The molecule has 0 bridgehead atoms. The van der Waals surface area contributed by atoms with Gasteiger partial charge in [0.05, 0.1) is 34.6 Å². The van der Waals surface area contributed by atoms with Crippen LogP contribution in [0.2, 0.25) is 0 Å². The number of hydrogen-bond donors (Lipinski definition) is 0. The minimum atomic E-state index is 0.676. The lowest BCUT2D eigenvalue weighted by atomic mass is 10.0. The molecule has 0 N–H and O–H groups in total. The molecule has 0 aliphatic carbocycles. The second-order valence-corrected chi connectivity index (χ2v) is 10.8. The highest BCUT2D eigenvalue weighted by molar-refractivity contribution is 7.99. The lowest BCUT2D eigenvalue weighted by molar-refractivity contribution is 0.608. The quantitative estimate of drug-likeness (QED) is 0.209. The average molecular weight is 514 g/mol. The molecule has 5 rings (SSSR count). The van der Waals surface area contributed by atoms with Crippen molar-refractivity contribution in [3.05, 3.63) is 96.1 Å². The molecule has 0 saturated carbocycles. The summed E-state index contributed by atoms with van der Waals surface area (Å²) in [4.78, 5) is 5.00. The molecule has 4 aromatic rings. The molecule has 0 unspecified atom stereocenters. The van der Waals surface area contributed by atoms with Crippen molar-refractivity contribution in [1.82, 2.24) is 0 Å². The van der Waals surface area contributed by atoms with Crippen LogP contribution < -0.4 is 4.90 Å². The number of fused-ring (bicyclic) bond motifs is 2. The molecule has 0 atom stereocenters. The lowest BCUT2D eigenvalue weighted by Gasteiger charge is -2.33. The second kappa shape index (κ2) is 12.0. The molecular formula is C34H31N3S. The van der Waals surface area contributed by atoms with Crippen LogP contribution in [0.1, 0.15) is 56.6 Å². The largest absolute Gasteiger partial charge is 0.340 e. The van der Waals surface area contributed by atoms with E-state index in [2.05, 4.69) is 60.4 Å². The van der Waals surface area contributed by atoms with E-state index in [4.69, 9.17) is 10.5 Å². The van der Waals surface area contributed by atoms with Crippen LogP contribution in [0.3, 0.4) is 0 Å². The first-order valence-corrected chi connectivity index (χ1v) is 14.3. The molecular weight excluding hydrogens is 482 g/mol. The van der Waals surface area contributed by atoms with E-state index in [1.54, 1.807) is 0 Å². The minimum Gasteiger partial charge on any atom is -0.340 e. The number of anilines is 2. The van der Waals surface area contributed by atoms with Gasteiger partial charge < -0.3 is 4.90 Å². The Bertz CT molecular complexity index is 1380. The monoisotopic (exact) mass is 513 g/mol. The van der Waals surface area contributed by atoms with Gasteiger partial charge in [-0.1, -0.05) is 87.2 Å². The molecule has 1 aliphatic rings. The number of benzene rings is 4. The predicted molar refractivity (Wildman–Crippen MR) is 158 cm³/mol. The fourth-order valence-electron chi connectivity index (χ4n) is 5.01. The lowest BCUT2D eigenvalue weighted by Crippen LogP contribution is -2.22. The Balaban J connectivity index is 1.47. The molecule has 0 amide bonds. The van der Waals surface area contributed by atoms with Crippen molar-refractivity contribution in [2.45, 2.75) is 55.2 Å². The SMILES string of the molecule is CCCCCCCCN1c2ccc(-c3ccc(C#N)cc3)cc2Sc2cc(-c3ccc(C#N)cc3)ccc21. The summed E-state index contributed by atoms with van der Waals surface area (Å²) < 4.78 is 0. The molecule has 0 saturated heterocycles. The van der Waals surface area contributed by atoms with Crippen molar-refractivity contribution >= 4 is 23.1 Å². The Morgan fingerprint density at radius 1 is 0.579 bits per heavy atom. The van der Waals surface area contributed by atoms with Crippen LogP contribution in [-0.4, -0.2) is 6.54 Å². The van der Waals surface area contributed by atoms with Crippen LogP contribution in [0.15, 0.2) is 94.7 Å². The smallest absolute Gasteiger partial charge is 0.0991 e. The van der Waals surface area contributed by atoms with Crippen molar-refractivity contribution in [3.63, 3.8) is 0 Å². The van der Waals surface area contributed by atoms with E-state index in [0.29, 0.717) is 11.1 Å². The Kier molecular flexibility index (Phi) is 8.12. The van der Waals surface area contributed by atoms with Crippen LogP contribution in [-0.2, 0) is 0 Å². The van der Waals surface area contributed by atoms with E-state index in [0.717, 1.165) is 28.8 Å². The van der Waals surface area contributed by atoms with Gasteiger partial charge in [-0.3, -0.25) is 0 Å². The van der Waals surface area contributed by atoms with Gasteiger partial charge in [0.15, 0.2) is 0 Å². The van der Waals surface area contributed by atoms with E-state index >= 15 is 0 Å². The normalized spacial score (nSPS) is 11.8. The van der Waals surface area contributed by atoms with Gasteiger partial charge in [-0.05, 0) is 77.2 Å². The summed E-state index contributed by atoms with van der Waals surface area (Å²) in [6.07, 6.45) is 7.63. The van der Waals surface area contributed by atoms with Crippen molar-refractivity contribution in [2.75, 3.05) is 11.4 Å². The molecule has 38 heavy (non-hydrogen) atoms. The summed E-state index contributed by atoms with van der Waals surface area (Å²) >= 11 is 1.82. The van der Waals surface area contributed by atoms with Crippen LogP contribution in [0, 0.1) is 22.7 Å². The summed E-state index contributed by atoms with van der Waals surface area (Å²) in [6, 6.07) is 33.5. The maximum Gasteiger partial charge on any atom is 0.0991 e. The maximum absolute atomic E-state index is 9.17. The number of hydrogen-bond acceptors (Lipinski definition) is 4. The van der Waals surface area contributed by atoms with E-state index < -0.39 is 0 Å². The average Bonchev–Trinajstić information content (AvgIpc) is 2.98. The third-order valence-corrected chi connectivity index (χ3v) is 8.24. The Hall–Kier alpha value is -3.99. The molecule has 188 valence electrons. The summed E-state index contributed by atoms with van der Waals surface area (Å²) in [6.45, 7) is 3.26. The van der Waals surface area contributed by atoms with Gasteiger partial charge in [-0.15, -0.1) is 0 Å². The zero-order valence-corrected chi connectivity index (χ0v) is 22.6. The molecule has 4 aromatic carbocycles. The van der Waals surface area contributed by atoms with E-state index in [1.807, 2.05) is 60.3 Å². The number of unbranched alkanes of at least 4 members (excludes halogenated alkanes) is 5. The summed E-state index contributed by atoms with van der Waals surface area (Å²) in [5.74, 6) is 0. The van der Waals surface area contributed by atoms with Crippen LogP contribution in [0.4, 0.5) is 11.4 Å². The van der Waals surface area contributed by atoms with Gasteiger partial charge in [-0.2, -0.15) is 10.5 Å². The maximum atomic E-state index is 9.17. The molecule has 0 aromatic heterocycles. The highest BCUT2D eigenvalue weighted by Crippen LogP contribution is 2.50. The van der Waals surface area contributed by atoms with Crippen LogP contribution in [0.5, 0.6) is 0 Å². The fraction of sp³-hybridized carbons (Fsp3) is 0.235. The highest BCUT2D eigenvalue weighted by atomic mass is 32.2. The van der Waals surface area contributed by atoms with Crippen LogP contribution >= 0.6 is 11.8 Å². The standard InChI is InChI=1S/C34H31N3S/c1-2-3-4-5-6-7-20-37-31-18-16-29(27-12-8-25(23-35)9-13-27)21-33(31)38-34-22-30(17-19-32(34)37)28-14-10-26(24-36)11-15-28/h8-19,21-22H,2-7,20H2,1H3. The molecule has 3 nitrogen and oxygen atoms in total. The Morgan fingerprint density at radius 2 is 1.03 bits per heavy atom. The van der Waals surface area contributed by atoms with E-state index in [9.17, 15) is 0 Å². The summed E-state index contributed by atoms with van der Waals surface area (Å²) in [5.41, 5.74) is 8.43. The third kappa shape index (κ3) is 5.62. The van der Waals surface area contributed by atoms with Gasteiger partial charge in [-0.25, -0.2) is 0 Å². The zero-order chi connectivity index (χ0) is 26.3. The molecule has 4 heteroatoms. The van der Waals surface area contributed by atoms with Gasteiger partial charge in [0.2, 0.25) is 0 Å². The van der Waals surface area contributed by atoms with Gasteiger partial charge in [0.25, 0.3) is 0 Å². The van der Waals surface area contributed by atoms with Gasteiger partial charge >= 0.3 is 0 Å². The molecule has 0 spiro atoms. The first-order valence-electron chi connectivity index (χ1n) is 13.4. The van der Waals surface area contributed by atoms with Crippen molar-refractivity contribution in [3.8, 4) is 34.4 Å². The number of nitriles is 2. The van der Waals surface area contributed by atoms with Crippen molar-refractivity contribution < 1.29 is 0 Å². The molecule has 1 aliphatic heterocycles. The van der Waals surface area contributed by atoms with Crippen molar-refractivity contribution in [1.29, 1.82) is 10.5 Å². The number of nitrogens with zero attached hydrogens (tertiary/aromatic N) is 3. The van der Waals surface area contributed by atoms with Crippen molar-refractivity contribution in [2.24, 2.45) is 0 Å². The first-order chi connectivity index (χ1) is 18.7.